The highest BCUT2D eigenvalue weighted by molar-refractivity contribution is 9.11. The molecule has 0 bridgehead atoms. The molecule has 0 aliphatic carbocycles. The van der Waals surface area contributed by atoms with E-state index in [2.05, 4.69) is 52.0 Å². The van der Waals surface area contributed by atoms with Crippen LogP contribution >= 0.6 is 31.9 Å². The summed E-state index contributed by atoms with van der Waals surface area (Å²) >= 11 is 6.76. The number of aromatic hydroxyl groups is 1. The van der Waals surface area contributed by atoms with Crippen LogP contribution in [0.4, 0.5) is 10.5 Å². The molecular formula is C32H35Br2N7O4. The van der Waals surface area contributed by atoms with E-state index in [0.717, 1.165) is 27.8 Å². The summed E-state index contributed by atoms with van der Waals surface area (Å²) in [6, 6.07) is 12.2. The highest BCUT2D eigenvalue weighted by Gasteiger charge is 2.32. The molecule has 3 N–H and O–H groups in total. The highest BCUT2D eigenvalue weighted by Crippen LogP contribution is 2.34. The van der Waals surface area contributed by atoms with Gasteiger partial charge in [0.15, 0.2) is 0 Å². The quantitative estimate of drug-likeness (QED) is 0.266. The zero-order chi connectivity index (χ0) is 31.7. The van der Waals surface area contributed by atoms with Crippen LogP contribution in [0.3, 0.4) is 0 Å². The Labute approximate surface area is 277 Å². The number of aromatic amines is 1. The molecule has 4 heterocycles. The summed E-state index contributed by atoms with van der Waals surface area (Å²) in [7, 11) is 0. The Morgan fingerprint density at radius 3 is 2.31 bits per heavy atom. The van der Waals surface area contributed by atoms with Gasteiger partial charge in [-0.15, -0.1) is 0 Å². The van der Waals surface area contributed by atoms with Crippen molar-refractivity contribution in [2.75, 3.05) is 44.2 Å². The molecule has 1 atom stereocenters. The van der Waals surface area contributed by atoms with Crippen LogP contribution in [0.2, 0.25) is 0 Å². The fourth-order valence-corrected chi connectivity index (χ4v) is 7.59. The number of carbonyl (C=O) groups excluding carboxylic acids is 2. The Balaban J connectivity index is 1.14. The van der Waals surface area contributed by atoms with E-state index in [-0.39, 0.29) is 35.8 Å². The number of piperidine rings is 1. The number of piperazine rings is 1. The number of hydrogen-bond donors (Lipinski definition) is 3. The number of H-pyrrole nitrogens is 1. The van der Waals surface area contributed by atoms with Gasteiger partial charge in [-0.1, -0.05) is 6.07 Å². The van der Waals surface area contributed by atoms with Crippen LogP contribution in [0.25, 0.3) is 11.0 Å². The van der Waals surface area contributed by atoms with E-state index in [1.54, 1.807) is 29.4 Å². The molecule has 2 aliphatic rings. The number of fused-ring (bicyclic) bond motifs is 1. The fraction of sp³-hybridized carbons (Fsp3) is 0.375. The van der Waals surface area contributed by atoms with Gasteiger partial charge in [0.1, 0.15) is 11.8 Å². The summed E-state index contributed by atoms with van der Waals surface area (Å²) in [4.78, 5) is 53.2. The first kappa shape index (κ1) is 31.2. The first-order chi connectivity index (χ1) is 21.7. The lowest BCUT2D eigenvalue weighted by molar-refractivity contribution is -0.133. The summed E-state index contributed by atoms with van der Waals surface area (Å²) in [5.41, 5.74) is 4.47. The lowest BCUT2D eigenvalue weighted by Gasteiger charge is -2.38. The number of phenols is 1. The zero-order valence-electron chi connectivity index (χ0n) is 24.9. The van der Waals surface area contributed by atoms with E-state index >= 15 is 0 Å². The number of nitrogens with zero attached hydrogens (tertiary/aromatic N) is 5. The van der Waals surface area contributed by atoms with Gasteiger partial charge in [0.2, 0.25) is 5.91 Å². The van der Waals surface area contributed by atoms with Crippen molar-refractivity contribution in [3.05, 3.63) is 85.4 Å². The minimum Gasteiger partial charge on any atom is -0.506 e. The molecule has 2 aliphatic heterocycles. The number of anilines is 1. The van der Waals surface area contributed by atoms with E-state index in [4.69, 9.17) is 0 Å². The number of benzene rings is 2. The molecule has 0 spiro atoms. The van der Waals surface area contributed by atoms with Crippen molar-refractivity contribution in [1.29, 1.82) is 0 Å². The van der Waals surface area contributed by atoms with Crippen molar-refractivity contribution in [1.82, 2.24) is 29.7 Å². The number of halogens is 2. The SMILES string of the molecule is Cc1ccc2c(c1)[nH]c(=O)n2C1CCN(C(=O)N[C@H](Cc2cc(Br)c(O)c(Br)c2)C(=O)N2CCN(c3ccncc3)CC2)CC1. The van der Waals surface area contributed by atoms with Crippen LogP contribution in [0.1, 0.15) is 30.0 Å². The van der Waals surface area contributed by atoms with Crippen LogP contribution in [-0.2, 0) is 11.2 Å². The lowest BCUT2D eigenvalue weighted by atomic mass is 10.0. The monoisotopic (exact) mass is 739 g/mol. The Kier molecular flexibility index (Phi) is 9.18. The van der Waals surface area contributed by atoms with Crippen molar-refractivity contribution in [2.45, 2.75) is 38.3 Å². The average Bonchev–Trinajstić information content (AvgIpc) is 3.38. The van der Waals surface area contributed by atoms with Crippen molar-refractivity contribution in [3.8, 4) is 5.75 Å². The van der Waals surface area contributed by atoms with Gasteiger partial charge < -0.3 is 30.1 Å². The number of hydrogen-bond acceptors (Lipinski definition) is 6. The summed E-state index contributed by atoms with van der Waals surface area (Å²) in [5, 5.41) is 13.2. The molecule has 2 fully saturated rings. The molecule has 6 rings (SSSR count). The standard InChI is InChI=1S/C32H35Br2N7O4/c1-20-2-3-28-26(16-20)36-32(45)41(28)23-6-10-40(11-7-23)31(44)37-27(19-21-17-24(33)29(42)25(34)18-21)30(43)39-14-12-38(13-15-39)22-4-8-35-9-5-22/h2-5,8-9,16-18,23,27,42H,6-7,10-15,19H2,1H3,(H,36,45)(H,37,44)/t27-/m1/s1. The van der Waals surface area contributed by atoms with Crippen LogP contribution in [-0.4, -0.2) is 86.7 Å². The van der Waals surface area contributed by atoms with E-state index in [1.165, 1.54) is 0 Å². The number of rotatable bonds is 6. The molecule has 2 aromatic carbocycles. The average molecular weight is 741 g/mol. The van der Waals surface area contributed by atoms with Gasteiger partial charge in [0, 0.05) is 69.8 Å². The number of amides is 3. The number of nitrogens with one attached hydrogen (secondary N) is 2. The number of phenolic OH excluding ortho intramolecular Hbond substituents is 1. The van der Waals surface area contributed by atoms with Crippen LogP contribution in [0.15, 0.2) is 68.6 Å². The number of pyridine rings is 1. The topological polar surface area (TPSA) is 127 Å². The van der Waals surface area contributed by atoms with Gasteiger partial charge in [0.05, 0.1) is 20.0 Å². The maximum Gasteiger partial charge on any atom is 0.326 e. The van der Waals surface area contributed by atoms with E-state index < -0.39 is 6.04 Å². The van der Waals surface area contributed by atoms with Crippen LogP contribution in [0, 0.1) is 6.92 Å². The number of imidazole rings is 1. The van der Waals surface area contributed by atoms with Gasteiger partial charge in [0.25, 0.3) is 0 Å². The summed E-state index contributed by atoms with van der Waals surface area (Å²) < 4.78 is 2.81. The van der Waals surface area contributed by atoms with Gasteiger partial charge in [-0.2, -0.15) is 0 Å². The number of urea groups is 1. The van der Waals surface area contributed by atoms with Crippen LogP contribution in [0.5, 0.6) is 5.75 Å². The summed E-state index contributed by atoms with van der Waals surface area (Å²) in [5.74, 6) is -0.0706. The second-order valence-corrected chi connectivity index (χ2v) is 13.4. The molecule has 2 saturated heterocycles. The predicted molar refractivity (Wildman–Crippen MR) is 180 cm³/mol. The Hall–Kier alpha value is -3.84. The number of carbonyl (C=O) groups is 2. The van der Waals surface area contributed by atoms with Gasteiger partial charge in [-0.25, -0.2) is 9.59 Å². The first-order valence-corrected chi connectivity index (χ1v) is 16.6. The zero-order valence-corrected chi connectivity index (χ0v) is 28.1. The highest BCUT2D eigenvalue weighted by atomic mass is 79.9. The fourth-order valence-electron chi connectivity index (χ4n) is 6.31. The molecule has 0 unspecified atom stereocenters. The number of aryl methyl sites for hydroxylation is 1. The van der Waals surface area contributed by atoms with Gasteiger partial charge in [-0.3, -0.25) is 14.3 Å². The molecule has 0 radical (unpaired) electrons. The van der Waals surface area contributed by atoms with Crippen molar-refractivity contribution in [2.24, 2.45) is 0 Å². The van der Waals surface area contributed by atoms with Crippen molar-refractivity contribution in [3.63, 3.8) is 0 Å². The summed E-state index contributed by atoms with van der Waals surface area (Å²) in [6.07, 6.45) is 5.03. The van der Waals surface area contributed by atoms with Crippen molar-refractivity contribution >= 4 is 60.5 Å². The largest absolute Gasteiger partial charge is 0.506 e. The molecule has 11 nitrogen and oxygen atoms in total. The van der Waals surface area contributed by atoms with Crippen molar-refractivity contribution < 1.29 is 14.7 Å². The molecule has 13 heteroatoms. The smallest absolute Gasteiger partial charge is 0.326 e. The van der Waals surface area contributed by atoms with Gasteiger partial charge >= 0.3 is 11.7 Å². The normalized spacial score (nSPS) is 16.6. The molecular weight excluding hydrogens is 706 g/mol. The second kappa shape index (κ2) is 13.3. The number of likely N-dealkylation sites (tertiary alicyclic amines) is 1. The molecule has 236 valence electrons. The summed E-state index contributed by atoms with van der Waals surface area (Å²) in [6.45, 7) is 5.32. The predicted octanol–water partition coefficient (Wildman–Crippen LogP) is 4.57. The molecule has 2 aromatic heterocycles. The van der Waals surface area contributed by atoms with Crippen LogP contribution < -0.4 is 15.9 Å². The van der Waals surface area contributed by atoms with E-state index in [9.17, 15) is 19.5 Å². The minimum atomic E-state index is -0.800. The van der Waals surface area contributed by atoms with E-state index in [1.807, 2.05) is 46.7 Å². The molecule has 3 amide bonds. The minimum absolute atomic E-state index is 0.0289. The first-order valence-electron chi connectivity index (χ1n) is 15.0. The lowest BCUT2D eigenvalue weighted by Crippen LogP contribution is -2.57. The van der Waals surface area contributed by atoms with Gasteiger partial charge in [-0.05, 0) is 99.2 Å². The molecule has 45 heavy (non-hydrogen) atoms. The van der Waals surface area contributed by atoms with E-state index in [0.29, 0.717) is 61.1 Å². The Morgan fingerprint density at radius 2 is 1.64 bits per heavy atom. The molecule has 0 saturated carbocycles. The third kappa shape index (κ3) is 6.74. The maximum atomic E-state index is 13.9. The number of aromatic nitrogens is 3. The third-order valence-corrected chi connectivity index (χ3v) is 9.93. The molecule has 4 aromatic rings. The third-order valence-electron chi connectivity index (χ3n) is 8.72. The Morgan fingerprint density at radius 1 is 0.978 bits per heavy atom. The maximum absolute atomic E-state index is 13.9. The second-order valence-electron chi connectivity index (χ2n) is 11.7. The Bertz CT molecular complexity index is 1740.